The molecular formula is C20H24F3N3O3. The highest BCUT2D eigenvalue weighted by atomic mass is 19.4. The average Bonchev–Trinajstić information content (AvgIpc) is 2.74. The van der Waals surface area contributed by atoms with Crippen LogP contribution in [0.25, 0.3) is 0 Å². The SMILES string of the molecule is COc1ccncc1CO.O=C(Cc1ccc(C(F)(F)F)nc1)N1CCCCC1. The lowest BCUT2D eigenvalue weighted by molar-refractivity contribution is -0.141. The van der Waals surface area contributed by atoms with Gasteiger partial charge in [-0.15, -0.1) is 0 Å². The van der Waals surface area contributed by atoms with Gasteiger partial charge in [0.15, 0.2) is 0 Å². The molecule has 2 aromatic rings. The van der Waals surface area contributed by atoms with Gasteiger partial charge in [-0.2, -0.15) is 13.2 Å². The topological polar surface area (TPSA) is 75.5 Å². The monoisotopic (exact) mass is 411 g/mol. The number of ether oxygens (including phenoxy) is 1. The summed E-state index contributed by atoms with van der Waals surface area (Å²) in [7, 11) is 1.56. The summed E-state index contributed by atoms with van der Waals surface area (Å²) < 4.78 is 41.9. The Morgan fingerprint density at radius 2 is 1.90 bits per heavy atom. The number of piperidine rings is 1. The van der Waals surface area contributed by atoms with Crippen LogP contribution in [-0.4, -0.2) is 46.1 Å². The number of pyridine rings is 2. The van der Waals surface area contributed by atoms with Crippen molar-refractivity contribution in [1.29, 1.82) is 0 Å². The fourth-order valence-electron chi connectivity index (χ4n) is 2.86. The number of carbonyl (C=O) groups is 1. The predicted octanol–water partition coefficient (Wildman–Crippen LogP) is 3.24. The molecule has 9 heteroatoms. The standard InChI is InChI=1S/C13H15F3N2O.C7H9NO2/c14-13(15,16)11-5-4-10(9-17-11)8-12(19)18-6-2-1-3-7-18;1-10-7-2-3-8-4-6(7)5-9/h4-5,9H,1-3,6-8H2;2-4,9H,5H2,1H3. The Kier molecular flexibility index (Phi) is 8.38. The van der Waals surface area contributed by atoms with Crippen molar-refractivity contribution in [1.82, 2.24) is 14.9 Å². The molecule has 0 saturated carbocycles. The van der Waals surface area contributed by atoms with E-state index in [-0.39, 0.29) is 18.9 Å². The number of hydrogen-bond donors (Lipinski definition) is 1. The minimum absolute atomic E-state index is 0.0307. The highest BCUT2D eigenvalue weighted by molar-refractivity contribution is 5.78. The molecule has 0 bridgehead atoms. The number of likely N-dealkylation sites (tertiary alicyclic amines) is 1. The van der Waals surface area contributed by atoms with Gasteiger partial charge in [-0.3, -0.25) is 14.8 Å². The van der Waals surface area contributed by atoms with Crippen LogP contribution in [0.15, 0.2) is 36.8 Å². The first kappa shape index (κ1) is 22.6. The molecule has 158 valence electrons. The van der Waals surface area contributed by atoms with E-state index >= 15 is 0 Å². The Bertz CT molecular complexity index is 754. The molecule has 6 nitrogen and oxygen atoms in total. The van der Waals surface area contributed by atoms with Gasteiger partial charge in [0.25, 0.3) is 0 Å². The number of aromatic nitrogens is 2. The molecule has 29 heavy (non-hydrogen) atoms. The summed E-state index contributed by atoms with van der Waals surface area (Å²) in [5, 5.41) is 8.73. The summed E-state index contributed by atoms with van der Waals surface area (Å²) in [4.78, 5) is 20.9. The lowest BCUT2D eigenvalue weighted by atomic mass is 10.1. The van der Waals surface area contributed by atoms with Crippen molar-refractivity contribution in [3.05, 3.63) is 53.6 Å². The van der Waals surface area contributed by atoms with E-state index in [1.807, 2.05) is 0 Å². The van der Waals surface area contributed by atoms with Crippen molar-refractivity contribution in [3.8, 4) is 5.75 Å². The summed E-state index contributed by atoms with van der Waals surface area (Å²) in [5.74, 6) is 0.638. The summed E-state index contributed by atoms with van der Waals surface area (Å²) >= 11 is 0. The Morgan fingerprint density at radius 3 is 2.41 bits per heavy atom. The quantitative estimate of drug-likeness (QED) is 0.836. The van der Waals surface area contributed by atoms with Crippen LogP contribution in [0.4, 0.5) is 13.2 Å². The van der Waals surface area contributed by atoms with Crippen molar-refractivity contribution >= 4 is 5.91 Å². The van der Waals surface area contributed by atoms with Crippen LogP contribution in [-0.2, 0) is 24.0 Å². The van der Waals surface area contributed by atoms with Gasteiger partial charge in [-0.1, -0.05) is 6.07 Å². The van der Waals surface area contributed by atoms with Crippen LogP contribution in [0.5, 0.6) is 5.75 Å². The second-order valence-electron chi connectivity index (χ2n) is 6.51. The minimum Gasteiger partial charge on any atom is -0.496 e. The van der Waals surface area contributed by atoms with Crippen molar-refractivity contribution in [2.75, 3.05) is 20.2 Å². The highest BCUT2D eigenvalue weighted by Gasteiger charge is 2.32. The third-order valence-corrected chi connectivity index (χ3v) is 4.43. The maximum Gasteiger partial charge on any atom is 0.433 e. The molecule has 0 aromatic carbocycles. The molecule has 3 rings (SSSR count). The van der Waals surface area contributed by atoms with Crippen LogP contribution < -0.4 is 4.74 Å². The van der Waals surface area contributed by atoms with Gasteiger partial charge in [0.05, 0.1) is 20.1 Å². The molecule has 0 aliphatic carbocycles. The van der Waals surface area contributed by atoms with Crippen LogP contribution in [0.3, 0.4) is 0 Å². The number of aliphatic hydroxyl groups is 1. The Morgan fingerprint density at radius 1 is 1.17 bits per heavy atom. The second kappa shape index (κ2) is 10.8. The molecule has 1 N–H and O–H groups in total. The minimum atomic E-state index is -4.44. The van der Waals surface area contributed by atoms with E-state index in [0.717, 1.165) is 44.6 Å². The van der Waals surface area contributed by atoms with Gasteiger partial charge in [-0.05, 0) is 37.0 Å². The van der Waals surface area contributed by atoms with E-state index in [1.165, 1.54) is 6.07 Å². The van der Waals surface area contributed by atoms with Gasteiger partial charge in [0.2, 0.25) is 5.91 Å². The zero-order valence-electron chi connectivity index (χ0n) is 16.2. The fourth-order valence-corrected chi connectivity index (χ4v) is 2.86. The first-order valence-corrected chi connectivity index (χ1v) is 9.22. The molecule has 1 saturated heterocycles. The number of carbonyl (C=O) groups excluding carboxylic acids is 1. The summed E-state index contributed by atoms with van der Waals surface area (Å²) in [5.41, 5.74) is 0.301. The second-order valence-corrected chi connectivity index (χ2v) is 6.51. The summed E-state index contributed by atoms with van der Waals surface area (Å²) in [6.07, 6.45) is 3.14. The Hall–Kier alpha value is -2.68. The van der Waals surface area contributed by atoms with Crippen LogP contribution in [0.2, 0.25) is 0 Å². The number of amides is 1. The van der Waals surface area contributed by atoms with E-state index in [9.17, 15) is 18.0 Å². The smallest absolute Gasteiger partial charge is 0.433 e. The van der Waals surface area contributed by atoms with Crippen molar-refractivity contribution < 1.29 is 27.8 Å². The number of methoxy groups -OCH3 is 1. The first-order valence-electron chi connectivity index (χ1n) is 9.22. The Labute approximate surface area is 167 Å². The van der Waals surface area contributed by atoms with Crippen LogP contribution in [0.1, 0.15) is 36.1 Å². The molecule has 0 unspecified atom stereocenters. The van der Waals surface area contributed by atoms with Crippen molar-refractivity contribution in [2.24, 2.45) is 0 Å². The molecule has 1 fully saturated rings. The number of alkyl halides is 3. The third-order valence-electron chi connectivity index (χ3n) is 4.43. The largest absolute Gasteiger partial charge is 0.496 e. The number of halogens is 3. The molecule has 1 aliphatic heterocycles. The molecule has 1 amide bonds. The van der Waals surface area contributed by atoms with Crippen molar-refractivity contribution in [2.45, 2.75) is 38.5 Å². The number of aliphatic hydroxyl groups excluding tert-OH is 1. The number of rotatable bonds is 4. The fraction of sp³-hybridized carbons (Fsp3) is 0.450. The molecule has 0 radical (unpaired) electrons. The molecular weight excluding hydrogens is 387 g/mol. The molecule has 1 aliphatic rings. The first-order chi connectivity index (χ1) is 13.8. The van der Waals surface area contributed by atoms with Gasteiger partial charge < -0.3 is 14.7 Å². The van der Waals surface area contributed by atoms with E-state index < -0.39 is 11.9 Å². The van der Waals surface area contributed by atoms with Crippen LogP contribution >= 0.6 is 0 Å². The maximum absolute atomic E-state index is 12.3. The Balaban J connectivity index is 0.000000253. The molecule has 0 spiro atoms. The molecule has 3 heterocycles. The molecule has 2 aromatic heterocycles. The van der Waals surface area contributed by atoms with Gasteiger partial charge in [-0.25, -0.2) is 0 Å². The van der Waals surface area contributed by atoms with E-state index in [0.29, 0.717) is 16.9 Å². The normalized spacial score (nSPS) is 14.0. The van der Waals surface area contributed by atoms with Crippen LogP contribution in [0, 0.1) is 0 Å². The predicted molar refractivity (Wildman–Crippen MR) is 100 cm³/mol. The molecule has 0 atom stereocenters. The van der Waals surface area contributed by atoms with Gasteiger partial charge >= 0.3 is 6.18 Å². The average molecular weight is 411 g/mol. The van der Waals surface area contributed by atoms with Crippen molar-refractivity contribution in [3.63, 3.8) is 0 Å². The number of nitrogens with zero attached hydrogens (tertiary/aromatic N) is 3. The van der Waals surface area contributed by atoms with Gasteiger partial charge in [0.1, 0.15) is 11.4 Å². The van der Waals surface area contributed by atoms with E-state index in [1.54, 1.807) is 30.5 Å². The summed E-state index contributed by atoms with van der Waals surface area (Å²) in [6.45, 7) is 1.46. The maximum atomic E-state index is 12.3. The van der Waals surface area contributed by atoms with E-state index in [2.05, 4.69) is 9.97 Å². The lowest BCUT2D eigenvalue weighted by Gasteiger charge is -2.26. The zero-order valence-corrected chi connectivity index (χ0v) is 16.2. The zero-order chi connectivity index (χ0) is 21.3. The lowest BCUT2D eigenvalue weighted by Crippen LogP contribution is -2.36. The number of hydrogen-bond acceptors (Lipinski definition) is 5. The summed E-state index contributed by atoms with van der Waals surface area (Å²) in [6, 6.07) is 3.95. The van der Waals surface area contributed by atoms with Gasteiger partial charge in [0, 0.05) is 37.2 Å². The highest BCUT2D eigenvalue weighted by Crippen LogP contribution is 2.27. The van der Waals surface area contributed by atoms with E-state index in [4.69, 9.17) is 9.84 Å². The third kappa shape index (κ3) is 7.01.